The average Bonchev–Trinajstić information content (AvgIpc) is 2.64. The standard InChI is InChI=1S/C15H19ClFN3/c1-9(15-10(2)19-20(4)11(15)3)18-8-12-5-6-14(17)13(16)7-12/h5-7,9,18H,8H2,1-4H3. The third-order valence-corrected chi connectivity index (χ3v) is 3.88. The molecule has 1 aromatic carbocycles. The highest BCUT2D eigenvalue weighted by Crippen LogP contribution is 2.22. The number of hydrogen-bond acceptors (Lipinski definition) is 2. The Hall–Kier alpha value is -1.39. The van der Waals surface area contributed by atoms with Gasteiger partial charge in [0.15, 0.2) is 0 Å². The molecule has 2 rings (SSSR count). The van der Waals surface area contributed by atoms with Crippen LogP contribution in [0.15, 0.2) is 18.2 Å². The van der Waals surface area contributed by atoms with Gasteiger partial charge in [-0.05, 0) is 38.5 Å². The monoisotopic (exact) mass is 295 g/mol. The Morgan fingerprint density at radius 3 is 2.65 bits per heavy atom. The molecule has 1 N–H and O–H groups in total. The molecule has 0 fully saturated rings. The lowest BCUT2D eigenvalue weighted by Gasteiger charge is -2.15. The molecule has 20 heavy (non-hydrogen) atoms. The van der Waals surface area contributed by atoms with Crippen LogP contribution in [0.4, 0.5) is 4.39 Å². The van der Waals surface area contributed by atoms with Crippen molar-refractivity contribution >= 4 is 11.6 Å². The Balaban J connectivity index is 2.08. The van der Waals surface area contributed by atoms with E-state index in [1.807, 2.05) is 18.7 Å². The second-order valence-corrected chi connectivity index (χ2v) is 5.47. The SMILES string of the molecule is Cc1nn(C)c(C)c1C(C)NCc1ccc(F)c(Cl)c1. The first-order chi connectivity index (χ1) is 9.40. The molecule has 0 saturated heterocycles. The molecular weight excluding hydrogens is 277 g/mol. The first kappa shape index (κ1) is 15.0. The summed E-state index contributed by atoms with van der Waals surface area (Å²) in [7, 11) is 1.94. The van der Waals surface area contributed by atoms with E-state index < -0.39 is 0 Å². The number of halogens is 2. The molecule has 0 saturated carbocycles. The maximum absolute atomic E-state index is 13.1. The first-order valence-electron chi connectivity index (χ1n) is 6.57. The topological polar surface area (TPSA) is 29.9 Å². The van der Waals surface area contributed by atoms with Crippen LogP contribution < -0.4 is 5.32 Å². The van der Waals surface area contributed by atoms with E-state index in [1.54, 1.807) is 12.1 Å². The van der Waals surface area contributed by atoms with Crippen molar-refractivity contribution in [3.63, 3.8) is 0 Å². The van der Waals surface area contributed by atoms with Crippen molar-refractivity contribution in [2.24, 2.45) is 7.05 Å². The van der Waals surface area contributed by atoms with Gasteiger partial charge in [0.2, 0.25) is 0 Å². The lowest BCUT2D eigenvalue weighted by molar-refractivity contribution is 0.567. The maximum atomic E-state index is 13.1. The van der Waals surface area contributed by atoms with Crippen LogP contribution in [0.1, 0.15) is 35.5 Å². The zero-order valence-electron chi connectivity index (χ0n) is 12.2. The number of rotatable bonds is 4. The molecule has 1 heterocycles. The van der Waals surface area contributed by atoms with E-state index >= 15 is 0 Å². The number of nitrogens with one attached hydrogen (secondary N) is 1. The minimum atomic E-state index is -0.387. The van der Waals surface area contributed by atoms with Crippen molar-refractivity contribution in [1.29, 1.82) is 0 Å². The molecule has 1 unspecified atom stereocenters. The summed E-state index contributed by atoms with van der Waals surface area (Å²) in [5.41, 5.74) is 4.35. The fraction of sp³-hybridized carbons (Fsp3) is 0.400. The first-order valence-corrected chi connectivity index (χ1v) is 6.95. The predicted molar refractivity (Wildman–Crippen MR) is 79.3 cm³/mol. The molecule has 2 aromatic rings. The van der Waals surface area contributed by atoms with Crippen molar-refractivity contribution < 1.29 is 4.39 Å². The van der Waals surface area contributed by atoms with Gasteiger partial charge in [0.1, 0.15) is 5.82 Å². The summed E-state index contributed by atoms with van der Waals surface area (Å²) in [6, 6.07) is 4.96. The van der Waals surface area contributed by atoms with Gasteiger partial charge in [0, 0.05) is 30.9 Å². The van der Waals surface area contributed by atoms with Crippen LogP contribution in [0.3, 0.4) is 0 Å². The largest absolute Gasteiger partial charge is 0.306 e. The number of nitrogens with zero attached hydrogens (tertiary/aromatic N) is 2. The third kappa shape index (κ3) is 3.02. The summed E-state index contributed by atoms with van der Waals surface area (Å²) in [6.07, 6.45) is 0. The normalized spacial score (nSPS) is 12.7. The van der Waals surface area contributed by atoms with Crippen molar-refractivity contribution in [2.45, 2.75) is 33.4 Å². The van der Waals surface area contributed by atoms with Gasteiger partial charge in [0.05, 0.1) is 10.7 Å². The van der Waals surface area contributed by atoms with Gasteiger partial charge < -0.3 is 5.32 Å². The Morgan fingerprint density at radius 1 is 1.40 bits per heavy atom. The third-order valence-electron chi connectivity index (χ3n) is 3.59. The number of aromatic nitrogens is 2. The maximum Gasteiger partial charge on any atom is 0.141 e. The fourth-order valence-electron chi connectivity index (χ4n) is 2.44. The van der Waals surface area contributed by atoms with E-state index in [0.717, 1.165) is 17.0 Å². The molecule has 5 heteroatoms. The minimum Gasteiger partial charge on any atom is -0.306 e. The molecule has 0 amide bonds. The quantitative estimate of drug-likeness (QED) is 0.932. The summed E-state index contributed by atoms with van der Waals surface area (Å²) in [4.78, 5) is 0. The van der Waals surface area contributed by atoms with Gasteiger partial charge in [0.25, 0.3) is 0 Å². The van der Waals surface area contributed by atoms with Crippen LogP contribution in [-0.4, -0.2) is 9.78 Å². The summed E-state index contributed by atoms with van der Waals surface area (Å²) in [5, 5.41) is 8.00. The molecule has 0 aliphatic rings. The van der Waals surface area contributed by atoms with Crippen molar-refractivity contribution in [2.75, 3.05) is 0 Å². The summed E-state index contributed by atoms with van der Waals surface area (Å²) >= 11 is 5.78. The summed E-state index contributed by atoms with van der Waals surface area (Å²) in [6.45, 7) is 6.80. The van der Waals surface area contributed by atoms with Gasteiger partial charge in [-0.15, -0.1) is 0 Å². The highest BCUT2D eigenvalue weighted by atomic mass is 35.5. The Labute approximate surface area is 123 Å². The molecule has 1 aromatic heterocycles. The Morgan fingerprint density at radius 2 is 2.10 bits per heavy atom. The van der Waals surface area contributed by atoms with Crippen molar-refractivity contribution in [3.05, 3.63) is 51.6 Å². The Bertz CT molecular complexity index is 622. The number of aryl methyl sites for hydroxylation is 2. The number of hydrogen-bond donors (Lipinski definition) is 1. The molecule has 3 nitrogen and oxygen atoms in total. The number of benzene rings is 1. The zero-order valence-corrected chi connectivity index (χ0v) is 12.9. The van der Waals surface area contributed by atoms with E-state index in [-0.39, 0.29) is 16.9 Å². The van der Waals surface area contributed by atoms with E-state index in [1.165, 1.54) is 11.6 Å². The van der Waals surface area contributed by atoms with E-state index in [0.29, 0.717) is 6.54 Å². The van der Waals surface area contributed by atoms with Crippen LogP contribution in [0.5, 0.6) is 0 Å². The van der Waals surface area contributed by atoms with Crippen LogP contribution in [0.2, 0.25) is 5.02 Å². The zero-order chi connectivity index (χ0) is 14.9. The van der Waals surface area contributed by atoms with Gasteiger partial charge in [-0.1, -0.05) is 17.7 Å². The van der Waals surface area contributed by atoms with Crippen LogP contribution in [0, 0.1) is 19.7 Å². The second-order valence-electron chi connectivity index (χ2n) is 5.06. The second kappa shape index (κ2) is 5.94. The summed E-state index contributed by atoms with van der Waals surface area (Å²) in [5.74, 6) is -0.387. The van der Waals surface area contributed by atoms with Gasteiger partial charge in [-0.2, -0.15) is 5.10 Å². The van der Waals surface area contributed by atoms with E-state index in [4.69, 9.17) is 11.6 Å². The molecule has 0 bridgehead atoms. The van der Waals surface area contributed by atoms with Crippen LogP contribution >= 0.6 is 11.6 Å². The van der Waals surface area contributed by atoms with Gasteiger partial charge in [-0.25, -0.2) is 4.39 Å². The molecule has 0 radical (unpaired) electrons. The van der Waals surface area contributed by atoms with Gasteiger partial charge >= 0.3 is 0 Å². The predicted octanol–water partition coefficient (Wildman–Crippen LogP) is 3.68. The van der Waals surface area contributed by atoms with Gasteiger partial charge in [-0.3, -0.25) is 4.68 Å². The molecule has 0 aliphatic carbocycles. The average molecular weight is 296 g/mol. The lowest BCUT2D eigenvalue weighted by atomic mass is 10.1. The van der Waals surface area contributed by atoms with Crippen molar-refractivity contribution in [1.82, 2.24) is 15.1 Å². The molecule has 108 valence electrons. The van der Waals surface area contributed by atoms with E-state index in [9.17, 15) is 4.39 Å². The van der Waals surface area contributed by atoms with Crippen LogP contribution in [0.25, 0.3) is 0 Å². The highest BCUT2D eigenvalue weighted by molar-refractivity contribution is 6.30. The van der Waals surface area contributed by atoms with Crippen molar-refractivity contribution in [3.8, 4) is 0 Å². The smallest absolute Gasteiger partial charge is 0.141 e. The molecule has 1 atom stereocenters. The Kier molecular flexibility index (Phi) is 4.45. The van der Waals surface area contributed by atoms with E-state index in [2.05, 4.69) is 24.3 Å². The van der Waals surface area contributed by atoms with Crippen LogP contribution in [-0.2, 0) is 13.6 Å². The minimum absolute atomic E-state index is 0.158. The highest BCUT2D eigenvalue weighted by Gasteiger charge is 2.15. The lowest BCUT2D eigenvalue weighted by Crippen LogP contribution is -2.19. The fourth-order valence-corrected chi connectivity index (χ4v) is 2.64. The summed E-state index contributed by atoms with van der Waals surface area (Å²) < 4.78 is 15.0. The molecule has 0 spiro atoms. The molecular formula is C15H19ClFN3. The molecule has 0 aliphatic heterocycles.